The maximum Gasteiger partial charge on any atom is 0.181 e. The second-order valence-electron chi connectivity index (χ2n) is 7.21. The fourth-order valence-corrected chi connectivity index (χ4v) is 3.79. The molecule has 1 aliphatic rings. The summed E-state index contributed by atoms with van der Waals surface area (Å²) in [5.74, 6) is 0.819. The van der Waals surface area contributed by atoms with Gasteiger partial charge in [0.25, 0.3) is 0 Å². The molecule has 1 heterocycles. The van der Waals surface area contributed by atoms with Crippen LogP contribution in [0.4, 0.5) is 11.4 Å². The predicted octanol–water partition coefficient (Wildman–Crippen LogP) is 4.28. The van der Waals surface area contributed by atoms with Crippen LogP contribution in [0.15, 0.2) is 53.4 Å². The van der Waals surface area contributed by atoms with Gasteiger partial charge >= 0.3 is 0 Å². The van der Waals surface area contributed by atoms with E-state index in [2.05, 4.69) is 29.4 Å². The minimum Gasteiger partial charge on any atom is -0.442 e. The number of rotatable bonds is 4. The van der Waals surface area contributed by atoms with Crippen molar-refractivity contribution in [2.75, 3.05) is 11.1 Å². The van der Waals surface area contributed by atoms with Crippen LogP contribution in [0.1, 0.15) is 47.4 Å². The van der Waals surface area contributed by atoms with E-state index >= 15 is 0 Å². The molecule has 0 aliphatic heterocycles. The number of nitrogens with two attached hydrogens (primary N) is 1. The maximum atomic E-state index is 9.17. The number of aromatic nitrogens is 1. The average molecular weight is 371 g/mol. The first-order valence-corrected chi connectivity index (χ1v) is 9.23. The van der Waals surface area contributed by atoms with Crippen molar-refractivity contribution >= 4 is 17.1 Å². The highest BCUT2D eigenvalue weighted by atomic mass is 16.3. The van der Waals surface area contributed by atoms with Gasteiger partial charge in [0, 0.05) is 16.9 Å². The molecule has 6 nitrogen and oxygen atoms in total. The number of hydrogen-bond acceptors (Lipinski definition) is 6. The van der Waals surface area contributed by atoms with Gasteiger partial charge in [-0.05, 0) is 60.2 Å². The molecule has 140 valence electrons. The lowest BCUT2D eigenvalue weighted by atomic mass is 9.80. The number of fused-ring (bicyclic) bond motifs is 1. The number of hydrogen-bond donors (Lipinski definition) is 3. The normalized spacial score (nSPS) is 18.1. The average Bonchev–Trinajstić information content (AvgIpc) is 3.25. The summed E-state index contributed by atoms with van der Waals surface area (Å²) in [6, 6.07) is 13.9. The lowest BCUT2D eigenvalue weighted by Crippen LogP contribution is -2.25. The number of nitriles is 1. The highest BCUT2D eigenvalue weighted by Gasteiger charge is 2.27. The molecule has 0 radical (unpaired) electrons. The SMILES string of the molecule is C[C@@H]1CCc2cc(C#N)ccc2[C@@H]1Nc1ccc(N)c(C(=N)c2cnco2)c1. The zero-order valence-corrected chi connectivity index (χ0v) is 15.6. The van der Waals surface area contributed by atoms with Crippen LogP contribution in [0, 0.1) is 22.7 Å². The first kappa shape index (κ1) is 17.8. The summed E-state index contributed by atoms with van der Waals surface area (Å²) in [6.07, 6.45) is 4.84. The van der Waals surface area contributed by atoms with Crippen LogP contribution in [-0.4, -0.2) is 10.7 Å². The Morgan fingerprint density at radius 1 is 1.32 bits per heavy atom. The third kappa shape index (κ3) is 3.23. The van der Waals surface area contributed by atoms with E-state index in [4.69, 9.17) is 20.8 Å². The van der Waals surface area contributed by atoms with E-state index in [1.54, 1.807) is 6.07 Å². The van der Waals surface area contributed by atoms with Crippen molar-refractivity contribution in [3.8, 4) is 6.07 Å². The molecule has 0 amide bonds. The Balaban J connectivity index is 1.66. The molecule has 0 unspecified atom stereocenters. The molecule has 1 aromatic heterocycles. The first-order valence-electron chi connectivity index (χ1n) is 9.23. The van der Waals surface area contributed by atoms with Gasteiger partial charge in [-0.15, -0.1) is 0 Å². The molecule has 0 fully saturated rings. The molecule has 0 saturated heterocycles. The quantitative estimate of drug-likeness (QED) is 0.468. The molecular formula is C22H21N5O. The fourth-order valence-electron chi connectivity index (χ4n) is 3.79. The Labute approximate surface area is 163 Å². The molecule has 2 atom stereocenters. The van der Waals surface area contributed by atoms with Gasteiger partial charge in [-0.2, -0.15) is 5.26 Å². The summed E-state index contributed by atoms with van der Waals surface area (Å²) >= 11 is 0. The van der Waals surface area contributed by atoms with Gasteiger partial charge in [-0.25, -0.2) is 4.98 Å². The van der Waals surface area contributed by atoms with Crippen LogP contribution < -0.4 is 11.1 Å². The number of anilines is 2. The monoisotopic (exact) mass is 371 g/mol. The number of benzene rings is 2. The van der Waals surface area contributed by atoms with Crippen LogP contribution in [0.3, 0.4) is 0 Å². The topological polar surface area (TPSA) is 112 Å². The van der Waals surface area contributed by atoms with Crippen molar-refractivity contribution in [3.63, 3.8) is 0 Å². The maximum absolute atomic E-state index is 9.17. The summed E-state index contributed by atoms with van der Waals surface area (Å²) in [7, 11) is 0. The van der Waals surface area contributed by atoms with Gasteiger partial charge in [-0.3, -0.25) is 5.41 Å². The molecule has 0 spiro atoms. The molecule has 6 heteroatoms. The Morgan fingerprint density at radius 3 is 2.93 bits per heavy atom. The number of nitrogens with zero attached hydrogens (tertiary/aromatic N) is 2. The van der Waals surface area contributed by atoms with Gasteiger partial charge in [-0.1, -0.05) is 13.0 Å². The van der Waals surface area contributed by atoms with Crippen molar-refractivity contribution in [1.29, 1.82) is 10.7 Å². The van der Waals surface area contributed by atoms with E-state index in [-0.39, 0.29) is 11.8 Å². The van der Waals surface area contributed by atoms with Crippen LogP contribution >= 0.6 is 0 Å². The van der Waals surface area contributed by atoms with E-state index in [1.165, 1.54) is 23.7 Å². The second kappa shape index (κ2) is 7.20. The third-order valence-corrected chi connectivity index (χ3v) is 5.37. The van der Waals surface area contributed by atoms with E-state index < -0.39 is 0 Å². The molecule has 0 saturated carbocycles. The smallest absolute Gasteiger partial charge is 0.181 e. The van der Waals surface area contributed by atoms with E-state index in [1.807, 2.05) is 24.3 Å². The van der Waals surface area contributed by atoms with Crippen molar-refractivity contribution in [3.05, 3.63) is 77.0 Å². The van der Waals surface area contributed by atoms with Gasteiger partial charge in [0.2, 0.25) is 0 Å². The second-order valence-corrected chi connectivity index (χ2v) is 7.21. The van der Waals surface area contributed by atoms with Crippen LogP contribution in [0.2, 0.25) is 0 Å². The first-order chi connectivity index (χ1) is 13.6. The molecule has 4 rings (SSSR count). The van der Waals surface area contributed by atoms with Gasteiger partial charge in [0.1, 0.15) is 5.71 Å². The van der Waals surface area contributed by atoms with Crippen LogP contribution in [0.5, 0.6) is 0 Å². The minimum absolute atomic E-state index is 0.132. The Kier molecular flexibility index (Phi) is 4.58. The highest BCUT2D eigenvalue weighted by molar-refractivity contribution is 6.12. The lowest BCUT2D eigenvalue weighted by Gasteiger charge is -2.33. The zero-order valence-electron chi connectivity index (χ0n) is 15.6. The molecule has 28 heavy (non-hydrogen) atoms. The van der Waals surface area contributed by atoms with Crippen molar-refractivity contribution in [1.82, 2.24) is 4.98 Å². The minimum atomic E-state index is 0.132. The van der Waals surface area contributed by atoms with Gasteiger partial charge < -0.3 is 15.5 Å². The highest BCUT2D eigenvalue weighted by Crippen LogP contribution is 2.37. The number of nitrogens with one attached hydrogen (secondary N) is 2. The van der Waals surface area contributed by atoms with Gasteiger partial charge in [0.05, 0.1) is 23.9 Å². The van der Waals surface area contributed by atoms with Crippen molar-refractivity contribution in [2.24, 2.45) is 5.92 Å². The molecule has 2 aromatic carbocycles. The summed E-state index contributed by atoms with van der Waals surface area (Å²) in [5.41, 5.74) is 11.5. The Bertz CT molecular complexity index is 1070. The third-order valence-electron chi connectivity index (χ3n) is 5.37. The standard InChI is InChI=1S/C22H21N5O/c1-13-2-4-15-8-14(10-23)3-6-17(15)22(13)27-16-5-7-19(24)18(9-16)21(25)20-11-26-12-28-20/h3,5-9,11-13,22,25,27H,2,4,24H2,1H3/t13-,22-/m1/s1. The molecule has 3 aromatic rings. The largest absolute Gasteiger partial charge is 0.442 e. The number of oxazole rings is 1. The summed E-state index contributed by atoms with van der Waals surface area (Å²) in [4.78, 5) is 3.88. The Hall–Kier alpha value is -3.59. The molecular weight excluding hydrogens is 350 g/mol. The van der Waals surface area contributed by atoms with E-state index in [0.29, 0.717) is 28.5 Å². The fraction of sp³-hybridized carbons (Fsp3) is 0.227. The lowest BCUT2D eigenvalue weighted by molar-refractivity contribution is 0.434. The van der Waals surface area contributed by atoms with Crippen LogP contribution in [0.25, 0.3) is 0 Å². The van der Waals surface area contributed by atoms with Gasteiger partial charge in [0.15, 0.2) is 12.2 Å². The summed E-state index contributed by atoms with van der Waals surface area (Å²) in [5, 5.41) is 21.2. The van der Waals surface area contributed by atoms with E-state index in [9.17, 15) is 0 Å². The zero-order chi connectivity index (χ0) is 19.7. The van der Waals surface area contributed by atoms with Crippen molar-refractivity contribution in [2.45, 2.75) is 25.8 Å². The molecule has 0 bridgehead atoms. The summed E-state index contributed by atoms with van der Waals surface area (Å²) < 4.78 is 5.24. The van der Waals surface area contributed by atoms with E-state index in [0.717, 1.165) is 18.5 Å². The number of aryl methyl sites for hydroxylation is 1. The molecule has 4 N–H and O–H groups in total. The summed E-state index contributed by atoms with van der Waals surface area (Å²) in [6.45, 7) is 2.23. The molecule has 1 aliphatic carbocycles. The van der Waals surface area contributed by atoms with Crippen molar-refractivity contribution < 1.29 is 4.42 Å². The predicted molar refractivity (Wildman–Crippen MR) is 108 cm³/mol. The Morgan fingerprint density at radius 2 is 2.18 bits per heavy atom. The van der Waals surface area contributed by atoms with Crippen LogP contribution in [-0.2, 0) is 6.42 Å². The number of nitrogen functional groups attached to an aromatic ring is 1.